The standard InChI is InChI=1S/C11H13F3O3S2/c1-17-9-3-2-8(7-19(16)5-4-15)6-10(9)18-11(12,13)14/h2-3,6,15H,4-5,7H2,1H3. The first-order valence-corrected chi connectivity index (χ1v) is 7.54. The maximum Gasteiger partial charge on any atom is 0.446 e. The molecule has 0 aliphatic rings. The lowest BCUT2D eigenvalue weighted by Crippen LogP contribution is -2.05. The van der Waals surface area contributed by atoms with E-state index in [1.165, 1.54) is 19.2 Å². The van der Waals surface area contributed by atoms with Gasteiger partial charge in [-0.05, 0) is 29.5 Å². The van der Waals surface area contributed by atoms with Gasteiger partial charge in [0, 0.05) is 22.3 Å². The second-order valence-electron chi connectivity index (χ2n) is 3.54. The van der Waals surface area contributed by atoms with Gasteiger partial charge in [0.15, 0.2) is 0 Å². The van der Waals surface area contributed by atoms with Crippen LogP contribution in [-0.2, 0) is 16.6 Å². The number of alkyl halides is 3. The number of aliphatic hydroxyl groups excluding tert-OH is 1. The van der Waals surface area contributed by atoms with E-state index in [1.54, 1.807) is 6.07 Å². The molecule has 19 heavy (non-hydrogen) atoms. The Labute approximate surface area is 115 Å². The lowest BCUT2D eigenvalue weighted by Gasteiger charge is -2.12. The number of benzene rings is 1. The van der Waals surface area contributed by atoms with Crippen LogP contribution in [0, 0.1) is 0 Å². The molecule has 1 aromatic rings. The molecule has 1 N–H and O–H groups in total. The van der Waals surface area contributed by atoms with Gasteiger partial charge in [-0.25, -0.2) is 0 Å². The zero-order valence-electron chi connectivity index (χ0n) is 10.1. The number of ether oxygens (including phenoxy) is 1. The van der Waals surface area contributed by atoms with Crippen molar-refractivity contribution in [2.75, 3.05) is 19.5 Å². The number of hydrogen-bond acceptors (Lipinski definition) is 4. The number of hydrogen-bond donors (Lipinski definition) is 1. The highest BCUT2D eigenvalue weighted by atomic mass is 32.2. The van der Waals surface area contributed by atoms with Gasteiger partial charge in [0.25, 0.3) is 0 Å². The van der Waals surface area contributed by atoms with Crippen molar-refractivity contribution in [3.8, 4) is 5.75 Å². The molecule has 0 fully saturated rings. The van der Waals surface area contributed by atoms with Gasteiger partial charge in [-0.2, -0.15) is 13.2 Å². The van der Waals surface area contributed by atoms with Crippen LogP contribution >= 0.6 is 11.8 Å². The molecule has 0 spiro atoms. The molecule has 0 amide bonds. The SMILES string of the molecule is COc1ccc(CS(=O)CCO)cc1SC(F)(F)F. The normalized spacial score (nSPS) is 13.3. The number of halogens is 3. The minimum absolute atomic E-state index is 0.0616. The molecule has 0 heterocycles. The van der Waals surface area contributed by atoms with Crippen LogP contribution in [0.3, 0.4) is 0 Å². The summed E-state index contributed by atoms with van der Waals surface area (Å²) in [5.74, 6) is 0.336. The molecular formula is C11H13F3O3S2. The fourth-order valence-corrected chi connectivity index (χ4v) is 2.99. The van der Waals surface area contributed by atoms with E-state index < -0.39 is 16.3 Å². The molecular weight excluding hydrogens is 301 g/mol. The lowest BCUT2D eigenvalue weighted by molar-refractivity contribution is -0.0328. The van der Waals surface area contributed by atoms with Crippen LogP contribution < -0.4 is 4.74 Å². The van der Waals surface area contributed by atoms with Gasteiger partial charge < -0.3 is 9.84 Å². The third kappa shape index (κ3) is 5.84. The predicted molar refractivity (Wildman–Crippen MR) is 68.7 cm³/mol. The summed E-state index contributed by atoms with van der Waals surface area (Å²) < 4.78 is 53.5. The Morgan fingerprint density at radius 2 is 2.11 bits per heavy atom. The Morgan fingerprint density at radius 3 is 2.63 bits per heavy atom. The summed E-state index contributed by atoms with van der Waals surface area (Å²) in [5, 5.41) is 8.64. The summed E-state index contributed by atoms with van der Waals surface area (Å²) in [7, 11) is -0.00129. The van der Waals surface area contributed by atoms with Gasteiger partial charge in [0.05, 0.1) is 18.6 Å². The first-order valence-electron chi connectivity index (χ1n) is 5.24. The molecule has 3 nitrogen and oxygen atoms in total. The quantitative estimate of drug-likeness (QED) is 0.820. The van der Waals surface area contributed by atoms with E-state index in [-0.39, 0.29) is 40.5 Å². The second kappa shape index (κ2) is 7.16. The Balaban J connectivity index is 2.91. The molecule has 1 unspecified atom stereocenters. The highest BCUT2D eigenvalue weighted by molar-refractivity contribution is 8.00. The van der Waals surface area contributed by atoms with Gasteiger partial charge in [0.1, 0.15) is 5.75 Å². The molecule has 8 heteroatoms. The second-order valence-corrected chi connectivity index (χ2v) is 6.23. The molecule has 0 aromatic heterocycles. The molecule has 1 aromatic carbocycles. The topological polar surface area (TPSA) is 46.5 Å². The number of rotatable bonds is 6. The maximum atomic E-state index is 12.4. The molecule has 0 aliphatic heterocycles. The smallest absolute Gasteiger partial charge is 0.446 e. The van der Waals surface area contributed by atoms with Crippen molar-refractivity contribution in [3.05, 3.63) is 23.8 Å². The molecule has 108 valence electrons. The molecule has 1 atom stereocenters. The minimum atomic E-state index is -4.41. The first kappa shape index (κ1) is 16.3. The fraction of sp³-hybridized carbons (Fsp3) is 0.455. The van der Waals surface area contributed by atoms with Crippen LogP contribution in [-0.4, -0.2) is 34.3 Å². The number of aliphatic hydroxyl groups is 1. The zero-order chi connectivity index (χ0) is 14.5. The van der Waals surface area contributed by atoms with Crippen molar-refractivity contribution in [3.63, 3.8) is 0 Å². The third-order valence-corrected chi connectivity index (χ3v) is 4.16. The Morgan fingerprint density at radius 1 is 1.42 bits per heavy atom. The van der Waals surface area contributed by atoms with Crippen molar-refractivity contribution in [1.82, 2.24) is 0 Å². The largest absolute Gasteiger partial charge is 0.496 e. The van der Waals surface area contributed by atoms with Crippen LogP contribution in [0.1, 0.15) is 5.56 Å². The van der Waals surface area contributed by atoms with Crippen molar-refractivity contribution in [2.45, 2.75) is 16.2 Å². The van der Waals surface area contributed by atoms with E-state index in [0.29, 0.717) is 5.56 Å². The molecule has 0 radical (unpaired) electrons. The maximum absolute atomic E-state index is 12.4. The van der Waals surface area contributed by atoms with Crippen molar-refractivity contribution in [2.24, 2.45) is 0 Å². The highest BCUT2D eigenvalue weighted by Crippen LogP contribution is 2.41. The zero-order valence-corrected chi connectivity index (χ0v) is 11.7. The first-order chi connectivity index (χ1) is 8.85. The van der Waals surface area contributed by atoms with Crippen LogP contribution in [0.25, 0.3) is 0 Å². The predicted octanol–water partition coefficient (Wildman–Crippen LogP) is 2.55. The van der Waals surface area contributed by atoms with E-state index in [4.69, 9.17) is 9.84 Å². The summed E-state index contributed by atoms with van der Waals surface area (Å²) in [6.45, 7) is -0.215. The van der Waals surface area contributed by atoms with Gasteiger partial charge in [-0.3, -0.25) is 4.21 Å². The van der Waals surface area contributed by atoms with Crippen LogP contribution in [0.2, 0.25) is 0 Å². The minimum Gasteiger partial charge on any atom is -0.496 e. The van der Waals surface area contributed by atoms with Crippen LogP contribution in [0.5, 0.6) is 5.75 Å². The highest BCUT2D eigenvalue weighted by Gasteiger charge is 2.31. The average Bonchev–Trinajstić information content (AvgIpc) is 2.27. The average molecular weight is 314 g/mol. The van der Waals surface area contributed by atoms with Crippen LogP contribution in [0.4, 0.5) is 13.2 Å². The molecule has 0 bridgehead atoms. The summed E-state index contributed by atoms with van der Waals surface area (Å²) in [6, 6.07) is 4.29. The van der Waals surface area contributed by atoms with Crippen LogP contribution in [0.15, 0.2) is 23.1 Å². The summed E-state index contributed by atoms with van der Waals surface area (Å²) in [6.07, 6.45) is 0. The molecule has 0 saturated carbocycles. The Hall–Kier alpha value is -0.730. The van der Waals surface area contributed by atoms with E-state index in [2.05, 4.69) is 0 Å². The monoisotopic (exact) mass is 314 g/mol. The van der Waals surface area contributed by atoms with E-state index in [0.717, 1.165) is 0 Å². The molecule has 0 saturated heterocycles. The number of thioether (sulfide) groups is 1. The summed E-state index contributed by atoms with van der Waals surface area (Å²) >= 11 is -0.267. The van der Waals surface area contributed by atoms with Gasteiger partial charge in [0.2, 0.25) is 0 Å². The van der Waals surface area contributed by atoms with Crippen molar-refractivity contribution < 1.29 is 27.2 Å². The van der Waals surface area contributed by atoms with E-state index in [9.17, 15) is 17.4 Å². The van der Waals surface area contributed by atoms with Gasteiger partial charge in [-0.15, -0.1) is 0 Å². The molecule has 0 aliphatic carbocycles. The Kier molecular flexibility index (Phi) is 6.15. The molecule has 1 rings (SSSR count). The van der Waals surface area contributed by atoms with E-state index in [1.807, 2.05) is 0 Å². The summed E-state index contributed by atoms with van der Waals surface area (Å²) in [5.41, 5.74) is -3.89. The van der Waals surface area contributed by atoms with Gasteiger partial charge in [-0.1, -0.05) is 6.07 Å². The van der Waals surface area contributed by atoms with Gasteiger partial charge >= 0.3 is 5.51 Å². The van der Waals surface area contributed by atoms with E-state index >= 15 is 0 Å². The van der Waals surface area contributed by atoms with Crippen molar-refractivity contribution in [1.29, 1.82) is 0 Å². The Bertz CT molecular complexity index is 449. The fourth-order valence-electron chi connectivity index (χ4n) is 1.38. The summed E-state index contributed by atoms with van der Waals surface area (Å²) in [4.78, 5) is -0.0616. The third-order valence-electron chi connectivity index (χ3n) is 2.10. The number of methoxy groups -OCH3 is 1. The lowest BCUT2D eigenvalue weighted by atomic mass is 10.2. The van der Waals surface area contributed by atoms with Crippen molar-refractivity contribution >= 4 is 22.6 Å².